The molecule has 10 heavy (non-hydrogen) atoms. The van der Waals surface area contributed by atoms with Gasteiger partial charge in [0.1, 0.15) is 5.52 Å². The predicted molar refractivity (Wildman–Crippen MR) is 32.5 cm³/mol. The summed E-state index contributed by atoms with van der Waals surface area (Å²) in [5.41, 5.74) is 0.565. The third kappa shape index (κ3) is 0.540. The van der Waals surface area contributed by atoms with Gasteiger partial charge in [0.05, 0.1) is 18.6 Å². The molecule has 0 unspecified atom stereocenters. The summed E-state index contributed by atoms with van der Waals surface area (Å²) in [6.45, 7) is 0. The second kappa shape index (κ2) is 1.66. The molecule has 0 aromatic carbocycles. The van der Waals surface area contributed by atoms with Crippen LogP contribution < -0.4 is 0 Å². The average molecular weight is 136 g/mol. The van der Waals surface area contributed by atoms with Gasteiger partial charge < -0.3 is 5.21 Å². The highest BCUT2D eigenvalue weighted by molar-refractivity contribution is 5.75. The van der Waals surface area contributed by atoms with Crippen molar-refractivity contribution >= 4 is 10.9 Å². The van der Waals surface area contributed by atoms with E-state index in [9.17, 15) is 0 Å². The number of nitrogens with zero attached hydrogens (tertiary/aromatic N) is 4. The van der Waals surface area contributed by atoms with E-state index >= 15 is 0 Å². The van der Waals surface area contributed by atoms with Crippen LogP contribution in [-0.2, 0) is 0 Å². The van der Waals surface area contributed by atoms with E-state index in [2.05, 4.69) is 15.3 Å². The van der Waals surface area contributed by atoms with Crippen LogP contribution in [0, 0.1) is 0 Å². The molecular formula is C5H4N4O. The van der Waals surface area contributed by atoms with E-state index in [1.54, 1.807) is 0 Å². The van der Waals surface area contributed by atoms with Crippen molar-refractivity contribution in [2.75, 3.05) is 0 Å². The lowest BCUT2D eigenvalue weighted by Crippen LogP contribution is -1.91. The Morgan fingerprint density at radius 1 is 1.20 bits per heavy atom. The van der Waals surface area contributed by atoms with Gasteiger partial charge in [-0.25, -0.2) is 0 Å². The molecule has 0 atom stereocenters. The van der Waals surface area contributed by atoms with Gasteiger partial charge in [0, 0.05) is 5.39 Å². The molecule has 1 N–H and O–H groups in total. The van der Waals surface area contributed by atoms with Gasteiger partial charge in [-0.3, -0.25) is 0 Å². The van der Waals surface area contributed by atoms with E-state index < -0.39 is 0 Å². The summed E-state index contributed by atoms with van der Waals surface area (Å²) < 4.78 is 0. The Hall–Kier alpha value is -1.65. The summed E-state index contributed by atoms with van der Waals surface area (Å²) in [7, 11) is 0. The molecule has 2 rings (SSSR count). The van der Waals surface area contributed by atoms with Crippen LogP contribution in [0.1, 0.15) is 0 Å². The highest BCUT2D eigenvalue weighted by Gasteiger charge is 1.98. The topological polar surface area (TPSA) is 63.8 Å². The van der Waals surface area contributed by atoms with Crippen molar-refractivity contribution in [1.29, 1.82) is 0 Å². The summed E-state index contributed by atoms with van der Waals surface area (Å²) in [6, 6.07) is 0. The van der Waals surface area contributed by atoms with E-state index in [1.165, 1.54) is 18.6 Å². The Labute approximate surface area is 55.9 Å². The second-order valence-electron chi connectivity index (χ2n) is 1.86. The molecule has 0 amide bonds. The zero-order chi connectivity index (χ0) is 6.97. The zero-order valence-electron chi connectivity index (χ0n) is 4.97. The zero-order valence-corrected chi connectivity index (χ0v) is 4.97. The molecule has 2 aromatic heterocycles. The third-order valence-corrected chi connectivity index (χ3v) is 1.26. The maximum atomic E-state index is 8.95. The molecule has 0 bridgehead atoms. The van der Waals surface area contributed by atoms with Crippen LogP contribution in [0.15, 0.2) is 18.6 Å². The quantitative estimate of drug-likeness (QED) is 0.520. The summed E-state index contributed by atoms with van der Waals surface area (Å²) in [6.07, 6.45) is 4.50. The van der Waals surface area contributed by atoms with Crippen molar-refractivity contribution in [2.45, 2.75) is 0 Å². The number of fused-ring (bicyclic) bond motifs is 1. The lowest BCUT2D eigenvalue weighted by atomic mass is 10.4. The van der Waals surface area contributed by atoms with Gasteiger partial charge in [0.2, 0.25) is 0 Å². The molecule has 0 radical (unpaired) electrons. The molecule has 0 saturated carbocycles. The predicted octanol–water partition coefficient (Wildman–Crippen LogP) is 0.0636. The molecule has 0 aliphatic heterocycles. The van der Waals surface area contributed by atoms with Crippen molar-refractivity contribution in [3.63, 3.8) is 0 Å². The van der Waals surface area contributed by atoms with Crippen molar-refractivity contribution in [3.05, 3.63) is 18.6 Å². The van der Waals surface area contributed by atoms with Crippen LogP contribution in [-0.4, -0.2) is 25.3 Å². The van der Waals surface area contributed by atoms with Crippen LogP contribution >= 0.6 is 0 Å². The lowest BCUT2D eigenvalue weighted by molar-refractivity contribution is 0.161. The Morgan fingerprint density at radius 3 is 2.80 bits per heavy atom. The second-order valence-corrected chi connectivity index (χ2v) is 1.86. The maximum absolute atomic E-state index is 8.95. The summed E-state index contributed by atoms with van der Waals surface area (Å²) in [4.78, 5) is 0.768. The van der Waals surface area contributed by atoms with E-state index in [0.717, 1.165) is 10.2 Å². The van der Waals surface area contributed by atoms with Crippen molar-refractivity contribution in [2.24, 2.45) is 0 Å². The van der Waals surface area contributed by atoms with Crippen molar-refractivity contribution in [1.82, 2.24) is 20.1 Å². The first kappa shape index (κ1) is 5.16. The van der Waals surface area contributed by atoms with Crippen LogP contribution in [0.2, 0.25) is 0 Å². The van der Waals surface area contributed by atoms with Crippen molar-refractivity contribution in [3.8, 4) is 0 Å². The fourth-order valence-electron chi connectivity index (χ4n) is 0.770. The molecule has 2 aromatic rings. The van der Waals surface area contributed by atoms with Crippen LogP contribution in [0.25, 0.3) is 10.9 Å². The number of rotatable bonds is 0. The maximum Gasteiger partial charge on any atom is 0.131 e. The summed E-state index contributed by atoms with van der Waals surface area (Å²) >= 11 is 0. The Balaban J connectivity index is 2.93. The van der Waals surface area contributed by atoms with E-state index in [4.69, 9.17) is 5.21 Å². The Kier molecular flexibility index (Phi) is 0.858. The minimum Gasteiger partial charge on any atom is -0.411 e. The largest absolute Gasteiger partial charge is 0.411 e. The molecule has 0 saturated heterocycles. The normalized spacial score (nSPS) is 10.4. The first-order valence-electron chi connectivity index (χ1n) is 2.71. The highest BCUT2D eigenvalue weighted by Crippen LogP contribution is 2.06. The summed E-state index contributed by atoms with van der Waals surface area (Å²) in [5.74, 6) is 0. The molecule has 2 heterocycles. The first-order chi connectivity index (χ1) is 4.88. The van der Waals surface area contributed by atoms with Gasteiger partial charge in [0.25, 0.3) is 0 Å². The minimum absolute atomic E-state index is 0.565. The SMILES string of the molecule is On1ncc2cnncc21. The monoisotopic (exact) mass is 136 g/mol. The van der Waals surface area contributed by atoms with E-state index in [-0.39, 0.29) is 0 Å². The molecule has 0 spiro atoms. The number of aromatic nitrogens is 4. The lowest BCUT2D eigenvalue weighted by Gasteiger charge is -1.87. The van der Waals surface area contributed by atoms with E-state index in [1.807, 2.05) is 0 Å². The minimum atomic E-state index is 0.565. The fourth-order valence-corrected chi connectivity index (χ4v) is 0.770. The molecule has 0 aliphatic rings. The Bertz CT molecular complexity index is 355. The highest BCUT2D eigenvalue weighted by atomic mass is 16.5. The summed E-state index contributed by atoms with van der Waals surface area (Å²) in [5, 5.41) is 20.5. The fraction of sp³-hybridized carbons (Fsp3) is 0. The van der Waals surface area contributed by atoms with Gasteiger partial charge in [-0.15, -0.1) is 5.10 Å². The standard InChI is InChI=1S/C5H4N4O/c10-9-5-3-7-6-1-4(5)2-8-9/h1-3,10H. The number of hydrogen-bond acceptors (Lipinski definition) is 4. The van der Waals surface area contributed by atoms with Crippen molar-refractivity contribution < 1.29 is 5.21 Å². The number of hydrogen-bond donors (Lipinski definition) is 1. The molecular weight excluding hydrogens is 132 g/mol. The van der Waals surface area contributed by atoms with Gasteiger partial charge in [-0.05, 0) is 0 Å². The van der Waals surface area contributed by atoms with E-state index in [0.29, 0.717) is 5.52 Å². The third-order valence-electron chi connectivity index (χ3n) is 1.26. The molecule has 50 valence electrons. The molecule has 5 nitrogen and oxygen atoms in total. The molecule has 0 aliphatic carbocycles. The average Bonchev–Trinajstić information content (AvgIpc) is 2.34. The van der Waals surface area contributed by atoms with Crippen LogP contribution in [0.3, 0.4) is 0 Å². The first-order valence-corrected chi connectivity index (χ1v) is 2.71. The van der Waals surface area contributed by atoms with Gasteiger partial charge in [-0.1, -0.05) is 4.85 Å². The van der Waals surface area contributed by atoms with Gasteiger partial charge >= 0.3 is 0 Å². The van der Waals surface area contributed by atoms with Crippen LogP contribution in [0.4, 0.5) is 0 Å². The molecule has 0 fully saturated rings. The van der Waals surface area contributed by atoms with Gasteiger partial charge in [0.15, 0.2) is 0 Å². The smallest absolute Gasteiger partial charge is 0.131 e. The Morgan fingerprint density at radius 2 is 2.00 bits per heavy atom. The molecule has 5 heteroatoms. The van der Waals surface area contributed by atoms with Crippen LogP contribution in [0.5, 0.6) is 0 Å². The van der Waals surface area contributed by atoms with Gasteiger partial charge in [-0.2, -0.15) is 10.2 Å².